The van der Waals surface area contributed by atoms with Crippen molar-refractivity contribution in [2.75, 3.05) is 0 Å². The van der Waals surface area contributed by atoms with Crippen molar-refractivity contribution < 1.29 is 0 Å². The van der Waals surface area contributed by atoms with Gasteiger partial charge in [0.15, 0.2) is 0 Å². The molecule has 0 saturated carbocycles. The fraction of sp³-hybridized carbons (Fsp3) is 0.800. The highest BCUT2D eigenvalue weighted by Crippen LogP contribution is 2.21. The van der Waals surface area contributed by atoms with Gasteiger partial charge in [0, 0.05) is 5.70 Å². The summed E-state index contributed by atoms with van der Waals surface area (Å²) in [7, 11) is 0. The van der Waals surface area contributed by atoms with Crippen molar-refractivity contribution in [1.82, 2.24) is 5.32 Å². The number of hydrogen-bond acceptors (Lipinski definition) is 2. The van der Waals surface area contributed by atoms with E-state index in [-0.39, 0.29) is 4.87 Å². The van der Waals surface area contributed by atoms with Gasteiger partial charge in [-0.3, -0.25) is 0 Å². The minimum Gasteiger partial charge on any atom is -0.375 e. The summed E-state index contributed by atoms with van der Waals surface area (Å²) in [6.45, 7) is 10.6. The molecule has 0 amide bonds. The zero-order chi connectivity index (χ0) is 9.78. The average molecular weight is 187 g/mol. The first-order chi connectivity index (χ1) is 5.37. The SMILES string of the molecule is CC=C(C)NC(C)(S)CC(C)C. The Morgan fingerprint density at radius 2 is 2.08 bits per heavy atom. The molecule has 0 aliphatic heterocycles. The predicted octanol–water partition coefficient (Wildman–Crippen LogP) is 3.19. The maximum Gasteiger partial charge on any atom is 0.0775 e. The Morgan fingerprint density at radius 3 is 2.42 bits per heavy atom. The third kappa shape index (κ3) is 5.53. The van der Waals surface area contributed by atoms with Gasteiger partial charge < -0.3 is 5.32 Å². The normalized spacial score (nSPS) is 17.8. The van der Waals surface area contributed by atoms with Gasteiger partial charge in [0.05, 0.1) is 4.87 Å². The zero-order valence-electron chi connectivity index (χ0n) is 8.81. The number of thiol groups is 1. The van der Waals surface area contributed by atoms with Gasteiger partial charge in [-0.1, -0.05) is 19.9 Å². The molecule has 0 aromatic carbocycles. The van der Waals surface area contributed by atoms with Crippen LogP contribution < -0.4 is 5.32 Å². The molecule has 0 bridgehead atoms. The summed E-state index contributed by atoms with van der Waals surface area (Å²) in [6, 6.07) is 0. The molecule has 0 radical (unpaired) electrons. The largest absolute Gasteiger partial charge is 0.375 e. The second-order valence-corrected chi connectivity index (χ2v) is 4.96. The molecular weight excluding hydrogens is 166 g/mol. The Kier molecular flexibility index (Phi) is 4.76. The first kappa shape index (κ1) is 11.9. The lowest BCUT2D eigenvalue weighted by atomic mass is 10.0. The van der Waals surface area contributed by atoms with Crippen LogP contribution in [0.15, 0.2) is 11.8 Å². The second-order valence-electron chi connectivity index (χ2n) is 3.97. The minimum absolute atomic E-state index is 0.0786. The number of allylic oxidation sites excluding steroid dienone is 2. The molecule has 1 N–H and O–H groups in total. The van der Waals surface area contributed by atoms with Crippen LogP contribution in [0.3, 0.4) is 0 Å². The molecule has 2 heteroatoms. The molecule has 0 aromatic rings. The fourth-order valence-corrected chi connectivity index (χ4v) is 1.88. The molecule has 1 atom stereocenters. The van der Waals surface area contributed by atoms with E-state index in [4.69, 9.17) is 0 Å². The molecule has 0 rings (SSSR count). The van der Waals surface area contributed by atoms with Gasteiger partial charge in [-0.25, -0.2) is 0 Å². The second kappa shape index (κ2) is 4.80. The van der Waals surface area contributed by atoms with Gasteiger partial charge in [0.2, 0.25) is 0 Å². The lowest BCUT2D eigenvalue weighted by Crippen LogP contribution is -2.36. The van der Waals surface area contributed by atoms with E-state index >= 15 is 0 Å². The van der Waals surface area contributed by atoms with Crippen LogP contribution >= 0.6 is 12.6 Å². The van der Waals surface area contributed by atoms with Crippen LogP contribution in [0.1, 0.15) is 41.0 Å². The minimum atomic E-state index is -0.0786. The van der Waals surface area contributed by atoms with E-state index in [1.54, 1.807) is 0 Å². The van der Waals surface area contributed by atoms with Gasteiger partial charge >= 0.3 is 0 Å². The van der Waals surface area contributed by atoms with Gasteiger partial charge in [0.1, 0.15) is 0 Å². The Bertz CT molecular complexity index is 159. The number of nitrogens with one attached hydrogen (secondary N) is 1. The summed E-state index contributed by atoms with van der Waals surface area (Å²) in [5, 5.41) is 3.36. The standard InChI is InChI=1S/C10H21NS/c1-6-9(4)11-10(5,12)7-8(2)3/h6,8,11-12H,7H2,1-5H3. The highest BCUT2D eigenvalue weighted by Gasteiger charge is 2.19. The monoisotopic (exact) mass is 187 g/mol. The Balaban J connectivity index is 4.03. The molecule has 0 aromatic heterocycles. The molecule has 1 unspecified atom stereocenters. The molecule has 1 nitrogen and oxygen atoms in total. The van der Waals surface area contributed by atoms with Crippen molar-refractivity contribution in [1.29, 1.82) is 0 Å². The predicted molar refractivity (Wildman–Crippen MR) is 59.4 cm³/mol. The van der Waals surface area contributed by atoms with E-state index in [0.717, 1.165) is 6.42 Å². The summed E-state index contributed by atoms with van der Waals surface area (Å²) in [5.41, 5.74) is 1.19. The van der Waals surface area contributed by atoms with E-state index in [2.05, 4.69) is 51.7 Å². The van der Waals surface area contributed by atoms with E-state index in [1.165, 1.54) is 5.70 Å². The maximum absolute atomic E-state index is 4.57. The van der Waals surface area contributed by atoms with Crippen LogP contribution in [0.4, 0.5) is 0 Å². The first-order valence-electron chi connectivity index (χ1n) is 4.51. The molecule has 0 heterocycles. The van der Waals surface area contributed by atoms with E-state index in [0.29, 0.717) is 5.92 Å². The molecule has 0 spiro atoms. The summed E-state index contributed by atoms with van der Waals surface area (Å²) in [5.74, 6) is 0.671. The van der Waals surface area contributed by atoms with Crippen molar-refractivity contribution in [3.8, 4) is 0 Å². The lowest BCUT2D eigenvalue weighted by Gasteiger charge is -2.28. The van der Waals surface area contributed by atoms with Crippen LogP contribution in [0, 0.1) is 5.92 Å². The molecule has 0 aliphatic carbocycles. The first-order valence-corrected chi connectivity index (χ1v) is 4.95. The molecule has 12 heavy (non-hydrogen) atoms. The lowest BCUT2D eigenvalue weighted by molar-refractivity contribution is 0.438. The quantitative estimate of drug-likeness (QED) is 0.509. The van der Waals surface area contributed by atoms with Crippen LogP contribution in [-0.4, -0.2) is 4.87 Å². The van der Waals surface area contributed by atoms with Crippen LogP contribution in [0.5, 0.6) is 0 Å². The third-order valence-electron chi connectivity index (χ3n) is 1.71. The summed E-state index contributed by atoms with van der Waals surface area (Å²) < 4.78 is 0. The Morgan fingerprint density at radius 1 is 1.58 bits per heavy atom. The van der Waals surface area contributed by atoms with Crippen molar-refractivity contribution in [3.05, 3.63) is 11.8 Å². The molecular formula is C10H21NS. The number of hydrogen-bond donors (Lipinski definition) is 2. The zero-order valence-corrected chi connectivity index (χ0v) is 9.70. The van der Waals surface area contributed by atoms with Gasteiger partial charge in [-0.15, -0.1) is 0 Å². The molecule has 72 valence electrons. The average Bonchev–Trinajstić information content (AvgIpc) is 1.83. The van der Waals surface area contributed by atoms with Crippen molar-refractivity contribution in [3.63, 3.8) is 0 Å². The summed E-state index contributed by atoms with van der Waals surface area (Å²) >= 11 is 4.57. The number of rotatable bonds is 4. The summed E-state index contributed by atoms with van der Waals surface area (Å²) in [6.07, 6.45) is 3.14. The summed E-state index contributed by atoms with van der Waals surface area (Å²) in [4.78, 5) is -0.0786. The Labute approximate surface area is 82.0 Å². The van der Waals surface area contributed by atoms with Crippen LogP contribution in [0.25, 0.3) is 0 Å². The van der Waals surface area contributed by atoms with Gasteiger partial charge in [-0.05, 0) is 33.1 Å². The highest BCUT2D eigenvalue weighted by atomic mass is 32.1. The Hall–Kier alpha value is -0.110. The van der Waals surface area contributed by atoms with Crippen molar-refractivity contribution in [2.24, 2.45) is 5.92 Å². The maximum atomic E-state index is 4.57. The smallest absolute Gasteiger partial charge is 0.0775 e. The van der Waals surface area contributed by atoms with Crippen molar-refractivity contribution >= 4 is 12.6 Å². The molecule has 0 fully saturated rings. The van der Waals surface area contributed by atoms with E-state index in [9.17, 15) is 0 Å². The third-order valence-corrected chi connectivity index (χ3v) is 2.00. The van der Waals surface area contributed by atoms with Crippen molar-refractivity contribution in [2.45, 2.75) is 45.9 Å². The van der Waals surface area contributed by atoms with Gasteiger partial charge in [-0.2, -0.15) is 12.6 Å². The molecule has 0 saturated heterocycles. The van der Waals surface area contributed by atoms with Crippen LogP contribution in [-0.2, 0) is 0 Å². The molecule has 0 aliphatic rings. The van der Waals surface area contributed by atoms with Crippen LogP contribution in [0.2, 0.25) is 0 Å². The topological polar surface area (TPSA) is 12.0 Å². The van der Waals surface area contributed by atoms with E-state index in [1.807, 2.05) is 6.92 Å². The van der Waals surface area contributed by atoms with Gasteiger partial charge in [0.25, 0.3) is 0 Å². The fourth-order valence-electron chi connectivity index (χ4n) is 1.34. The van der Waals surface area contributed by atoms with E-state index < -0.39 is 0 Å². The highest BCUT2D eigenvalue weighted by molar-refractivity contribution is 7.81.